The summed E-state index contributed by atoms with van der Waals surface area (Å²) in [7, 11) is 0. The predicted molar refractivity (Wildman–Crippen MR) is 45.7 cm³/mol. The van der Waals surface area contributed by atoms with Crippen LogP contribution in [0.1, 0.15) is 12.5 Å². The van der Waals surface area contributed by atoms with Crippen molar-refractivity contribution < 1.29 is 0 Å². The highest BCUT2D eigenvalue weighted by Gasteiger charge is 1.79. The van der Waals surface area contributed by atoms with Gasteiger partial charge in [0.1, 0.15) is 0 Å². The molecule has 0 aliphatic carbocycles. The SMILES string of the molecule is C=N.CCc1ccccc1. The van der Waals surface area contributed by atoms with Crippen LogP contribution in [-0.2, 0) is 6.42 Å². The van der Waals surface area contributed by atoms with E-state index in [1.807, 2.05) is 6.07 Å². The van der Waals surface area contributed by atoms with Crippen LogP contribution in [0.5, 0.6) is 0 Å². The van der Waals surface area contributed by atoms with Crippen molar-refractivity contribution in [2.24, 2.45) is 0 Å². The van der Waals surface area contributed by atoms with Crippen LogP contribution in [0.4, 0.5) is 0 Å². The van der Waals surface area contributed by atoms with Crippen LogP contribution < -0.4 is 0 Å². The summed E-state index contributed by atoms with van der Waals surface area (Å²) in [5.41, 5.74) is 1.41. The topological polar surface area (TPSA) is 23.9 Å². The van der Waals surface area contributed by atoms with Crippen LogP contribution in [0.15, 0.2) is 30.3 Å². The van der Waals surface area contributed by atoms with Crippen molar-refractivity contribution in [1.82, 2.24) is 0 Å². The van der Waals surface area contributed by atoms with Crippen molar-refractivity contribution in [1.29, 1.82) is 5.41 Å². The molecule has 0 heterocycles. The number of nitrogens with one attached hydrogen (secondary N) is 1. The Bertz CT molecular complexity index is 158. The first kappa shape index (κ1) is 8.89. The van der Waals surface area contributed by atoms with E-state index in [4.69, 9.17) is 5.41 Å². The van der Waals surface area contributed by atoms with E-state index < -0.39 is 0 Å². The van der Waals surface area contributed by atoms with E-state index in [1.165, 1.54) is 5.56 Å². The van der Waals surface area contributed by atoms with Gasteiger partial charge in [0, 0.05) is 0 Å². The Labute approximate surface area is 62.2 Å². The molecular formula is C9H13N. The largest absolute Gasteiger partial charge is 0.317 e. The van der Waals surface area contributed by atoms with Crippen LogP contribution in [0, 0.1) is 5.41 Å². The molecule has 0 atom stereocenters. The third-order valence-corrected chi connectivity index (χ3v) is 1.25. The Morgan fingerprint density at radius 3 is 2.00 bits per heavy atom. The van der Waals surface area contributed by atoms with E-state index in [0.717, 1.165) is 6.42 Å². The van der Waals surface area contributed by atoms with E-state index in [2.05, 4.69) is 37.9 Å². The monoisotopic (exact) mass is 135 g/mol. The highest BCUT2D eigenvalue weighted by atomic mass is 14.2. The summed E-state index contributed by atoms with van der Waals surface area (Å²) in [4.78, 5) is 0. The lowest BCUT2D eigenvalue weighted by Gasteiger charge is -1.89. The van der Waals surface area contributed by atoms with E-state index in [1.54, 1.807) is 0 Å². The average Bonchev–Trinajstić information content (AvgIpc) is 2.10. The van der Waals surface area contributed by atoms with Gasteiger partial charge >= 0.3 is 0 Å². The molecule has 0 aliphatic rings. The zero-order valence-electron chi connectivity index (χ0n) is 6.30. The van der Waals surface area contributed by atoms with Crippen LogP contribution in [0.3, 0.4) is 0 Å². The Balaban J connectivity index is 0.000000371. The van der Waals surface area contributed by atoms with Gasteiger partial charge < -0.3 is 5.41 Å². The Hall–Kier alpha value is -1.11. The molecule has 0 saturated heterocycles. The highest BCUT2D eigenvalue weighted by Crippen LogP contribution is 1.96. The Morgan fingerprint density at radius 2 is 1.70 bits per heavy atom. The van der Waals surface area contributed by atoms with Gasteiger partial charge in [-0.3, -0.25) is 0 Å². The fraction of sp³-hybridized carbons (Fsp3) is 0.222. The molecule has 0 aliphatic heterocycles. The summed E-state index contributed by atoms with van der Waals surface area (Å²) in [6, 6.07) is 10.5. The van der Waals surface area contributed by atoms with Crippen LogP contribution in [-0.4, -0.2) is 6.72 Å². The summed E-state index contributed by atoms with van der Waals surface area (Å²) in [6.07, 6.45) is 1.14. The van der Waals surface area contributed by atoms with Gasteiger partial charge in [0.25, 0.3) is 0 Å². The lowest BCUT2D eigenvalue weighted by molar-refractivity contribution is 1.14. The first-order valence-corrected chi connectivity index (χ1v) is 3.32. The molecule has 1 heteroatoms. The minimum atomic E-state index is 1.14. The maximum atomic E-state index is 5.50. The van der Waals surface area contributed by atoms with Crippen molar-refractivity contribution >= 4 is 6.72 Å². The second kappa shape index (κ2) is 6.02. The maximum absolute atomic E-state index is 5.50. The second-order valence-corrected chi connectivity index (χ2v) is 1.84. The van der Waals surface area contributed by atoms with E-state index in [9.17, 15) is 0 Å². The lowest BCUT2D eigenvalue weighted by atomic mass is 10.2. The van der Waals surface area contributed by atoms with Crippen LogP contribution in [0.2, 0.25) is 0 Å². The lowest BCUT2D eigenvalue weighted by Crippen LogP contribution is -1.73. The molecule has 0 aromatic heterocycles. The molecule has 0 saturated carbocycles. The molecule has 1 aromatic carbocycles. The van der Waals surface area contributed by atoms with Gasteiger partial charge in [-0.1, -0.05) is 37.3 Å². The van der Waals surface area contributed by atoms with E-state index >= 15 is 0 Å². The molecule has 0 bridgehead atoms. The van der Waals surface area contributed by atoms with Crippen molar-refractivity contribution in [3.8, 4) is 0 Å². The first-order chi connectivity index (χ1) is 4.93. The normalized spacial score (nSPS) is 7.70. The summed E-state index contributed by atoms with van der Waals surface area (Å²) in [5, 5.41) is 5.50. The zero-order chi connectivity index (χ0) is 7.82. The summed E-state index contributed by atoms with van der Waals surface area (Å²) < 4.78 is 0. The van der Waals surface area contributed by atoms with Gasteiger partial charge in [-0.25, -0.2) is 0 Å². The van der Waals surface area contributed by atoms with Gasteiger partial charge in [0.2, 0.25) is 0 Å². The number of aryl methyl sites for hydroxylation is 1. The molecule has 1 nitrogen and oxygen atoms in total. The predicted octanol–water partition coefficient (Wildman–Crippen LogP) is 2.51. The molecule has 1 N–H and O–H groups in total. The fourth-order valence-corrected chi connectivity index (χ4v) is 0.714. The van der Waals surface area contributed by atoms with Crippen molar-refractivity contribution in [3.05, 3.63) is 35.9 Å². The number of benzene rings is 1. The number of rotatable bonds is 1. The molecular weight excluding hydrogens is 122 g/mol. The van der Waals surface area contributed by atoms with Crippen molar-refractivity contribution in [2.45, 2.75) is 13.3 Å². The Morgan fingerprint density at radius 1 is 1.20 bits per heavy atom. The summed E-state index contributed by atoms with van der Waals surface area (Å²) >= 11 is 0. The molecule has 1 aromatic rings. The van der Waals surface area contributed by atoms with E-state index in [0.29, 0.717) is 0 Å². The molecule has 0 amide bonds. The molecule has 1 rings (SSSR count). The maximum Gasteiger partial charge on any atom is -0.0187 e. The smallest absolute Gasteiger partial charge is 0.0187 e. The number of hydrogen-bond acceptors (Lipinski definition) is 1. The van der Waals surface area contributed by atoms with Crippen LogP contribution in [0.25, 0.3) is 0 Å². The quantitative estimate of drug-likeness (QED) is 0.572. The standard InChI is InChI=1S/C8H10.CH3N/c1-2-8-6-4-3-5-7-8;1-2/h3-7H,2H2,1H3;2H,1H2. The summed E-state index contributed by atoms with van der Waals surface area (Å²) in [6.45, 7) is 4.66. The van der Waals surface area contributed by atoms with Gasteiger partial charge in [-0.2, -0.15) is 0 Å². The summed E-state index contributed by atoms with van der Waals surface area (Å²) in [5.74, 6) is 0. The van der Waals surface area contributed by atoms with Crippen molar-refractivity contribution in [2.75, 3.05) is 0 Å². The van der Waals surface area contributed by atoms with Gasteiger partial charge in [0.15, 0.2) is 0 Å². The molecule has 0 fully saturated rings. The zero-order valence-corrected chi connectivity index (χ0v) is 6.30. The fourth-order valence-electron chi connectivity index (χ4n) is 0.714. The molecule has 0 spiro atoms. The highest BCUT2D eigenvalue weighted by molar-refractivity contribution is 5.15. The number of hydrogen-bond donors (Lipinski definition) is 1. The Kier molecular flexibility index (Phi) is 5.35. The van der Waals surface area contributed by atoms with E-state index in [-0.39, 0.29) is 0 Å². The molecule has 0 radical (unpaired) electrons. The third kappa shape index (κ3) is 3.02. The van der Waals surface area contributed by atoms with Crippen LogP contribution >= 0.6 is 0 Å². The first-order valence-electron chi connectivity index (χ1n) is 3.32. The second-order valence-electron chi connectivity index (χ2n) is 1.84. The third-order valence-electron chi connectivity index (χ3n) is 1.25. The minimum absolute atomic E-state index is 1.14. The van der Waals surface area contributed by atoms with Gasteiger partial charge in [-0.05, 0) is 18.7 Å². The molecule has 0 unspecified atom stereocenters. The van der Waals surface area contributed by atoms with Gasteiger partial charge in [-0.15, -0.1) is 0 Å². The average molecular weight is 135 g/mol. The molecule has 10 heavy (non-hydrogen) atoms. The minimum Gasteiger partial charge on any atom is -0.317 e. The molecule has 54 valence electrons. The van der Waals surface area contributed by atoms with Crippen molar-refractivity contribution in [3.63, 3.8) is 0 Å². The van der Waals surface area contributed by atoms with Gasteiger partial charge in [0.05, 0.1) is 0 Å².